The Morgan fingerprint density at radius 1 is 1.04 bits per heavy atom. The second kappa shape index (κ2) is 16.1. The van der Waals surface area contributed by atoms with Crippen LogP contribution in [0.15, 0.2) is 98.1 Å². The number of fused-ring (bicyclic) bond motifs is 2. The van der Waals surface area contributed by atoms with Gasteiger partial charge in [0.15, 0.2) is 0 Å². The van der Waals surface area contributed by atoms with Gasteiger partial charge in [0, 0.05) is 18.7 Å². The van der Waals surface area contributed by atoms with Crippen molar-refractivity contribution in [3.63, 3.8) is 0 Å². The van der Waals surface area contributed by atoms with Crippen molar-refractivity contribution in [1.82, 2.24) is 10.2 Å². The normalized spacial score (nSPS) is 24.8. The van der Waals surface area contributed by atoms with Crippen LogP contribution in [0.4, 0.5) is 5.69 Å². The number of likely N-dealkylation sites (tertiary alicyclic amines) is 1. The fraction of sp³-hybridized carbons (Fsp3) is 0.442. The minimum absolute atomic E-state index is 0.103. The maximum absolute atomic E-state index is 15.1. The van der Waals surface area contributed by atoms with Crippen LogP contribution in [0.2, 0.25) is 0 Å². The Labute approximate surface area is 311 Å². The number of carbonyl (C=O) groups is 4. The van der Waals surface area contributed by atoms with Crippen LogP contribution in [0.1, 0.15) is 64.5 Å². The Morgan fingerprint density at radius 3 is 2.43 bits per heavy atom. The summed E-state index contributed by atoms with van der Waals surface area (Å²) in [6, 6.07) is 20.5. The van der Waals surface area contributed by atoms with Crippen LogP contribution in [-0.2, 0) is 28.7 Å². The van der Waals surface area contributed by atoms with Crippen LogP contribution in [0.25, 0.3) is 10.8 Å². The Hall–Kier alpha value is -4.80. The summed E-state index contributed by atoms with van der Waals surface area (Å²) >= 11 is 0. The average Bonchev–Trinajstić information content (AvgIpc) is 3.81. The number of ether oxygens (including phenoxy) is 2. The summed E-state index contributed by atoms with van der Waals surface area (Å²) in [5, 5.41) is 15.7. The molecule has 10 nitrogen and oxygen atoms in total. The summed E-state index contributed by atoms with van der Waals surface area (Å²) in [5.41, 5.74) is 0.0237. The standard InChI is InChI=1S/C43H51N3O7/c1-6-8-18-35(48)44-28(5)38(30-15-10-9-11-16-30)52-42(51)36-34-21-22-43(53-34)37(36)40(49)46(33(26-47)24-27(3)4)39(43)41(50)45(23-7-2)32-20-19-29-14-12-13-17-31(29)25-32/h6-7,9-17,19-20,25,27-28,33-34,36-39,47H,1-2,8,18,21-24,26H2,3-5H3,(H,44,48)/t28-,33+,34+,36-,37-,38-,39+,43-/m0/s1. The van der Waals surface area contributed by atoms with E-state index in [2.05, 4.69) is 18.5 Å². The Bertz CT molecular complexity index is 1850. The molecule has 3 aromatic carbocycles. The van der Waals surface area contributed by atoms with Crippen molar-refractivity contribution in [1.29, 1.82) is 0 Å². The van der Waals surface area contributed by atoms with Gasteiger partial charge >= 0.3 is 5.97 Å². The number of hydrogen-bond acceptors (Lipinski definition) is 7. The second-order valence-electron chi connectivity index (χ2n) is 15.0. The van der Waals surface area contributed by atoms with E-state index in [0.717, 1.165) is 10.8 Å². The Morgan fingerprint density at radius 2 is 1.75 bits per heavy atom. The van der Waals surface area contributed by atoms with Crippen LogP contribution in [0.3, 0.4) is 0 Å². The van der Waals surface area contributed by atoms with Gasteiger partial charge in [0.25, 0.3) is 5.91 Å². The lowest BCUT2D eigenvalue weighted by atomic mass is 9.70. The number of carbonyl (C=O) groups excluding carboxylic acids is 4. The van der Waals surface area contributed by atoms with E-state index < -0.39 is 59.6 Å². The van der Waals surface area contributed by atoms with Crippen molar-refractivity contribution >= 4 is 40.2 Å². The number of rotatable bonds is 16. The number of anilines is 1. The van der Waals surface area contributed by atoms with E-state index in [0.29, 0.717) is 36.9 Å². The first kappa shape index (κ1) is 37.9. The number of allylic oxidation sites excluding steroid dienone is 1. The van der Waals surface area contributed by atoms with E-state index in [1.54, 1.807) is 24.0 Å². The van der Waals surface area contributed by atoms with E-state index >= 15 is 4.79 Å². The molecule has 0 aliphatic carbocycles. The van der Waals surface area contributed by atoms with Gasteiger partial charge in [0.1, 0.15) is 17.7 Å². The van der Waals surface area contributed by atoms with Gasteiger partial charge in [-0.25, -0.2) is 0 Å². The van der Waals surface area contributed by atoms with Crippen molar-refractivity contribution in [2.45, 2.75) is 88.8 Å². The van der Waals surface area contributed by atoms with Crippen molar-refractivity contribution < 1.29 is 33.8 Å². The zero-order chi connectivity index (χ0) is 37.9. The molecule has 3 aliphatic heterocycles. The summed E-state index contributed by atoms with van der Waals surface area (Å²) in [7, 11) is 0. The van der Waals surface area contributed by atoms with E-state index in [1.807, 2.05) is 86.6 Å². The highest BCUT2D eigenvalue weighted by atomic mass is 16.6. The van der Waals surface area contributed by atoms with Gasteiger partial charge in [-0.2, -0.15) is 0 Å². The highest BCUT2D eigenvalue weighted by Gasteiger charge is 2.75. The molecular formula is C43H51N3O7. The third-order valence-corrected chi connectivity index (χ3v) is 11.0. The average molecular weight is 722 g/mol. The molecule has 3 saturated heterocycles. The number of aliphatic hydroxyl groups excluding tert-OH is 1. The number of nitrogens with zero attached hydrogens (tertiary/aromatic N) is 2. The molecule has 0 saturated carbocycles. The molecular weight excluding hydrogens is 670 g/mol. The third kappa shape index (κ3) is 7.27. The fourth-order valence-corrected chi connectivity index (χ4v) is 8.74. The number of aliphatic hydroxyl groups is 1. The van der Waals surface area contributed by atoms with Gasteiger partial charge in [0.2, 0.25) is 11.8 Å². The van der Waals surface area contributed by atoms with Gasteiger partial charge in [-0.1, -0.05) is 86.7 Å². The first-order chi connectivity index (χ1) is 25.5. The third-order valence-electron chi connectivity index (χ3n) is 11.0. The quantitative estimate of drug-likeness (QED) is 0.140. The predicted molar refractivity (Wildman–Crippen MR) is 204 cm³/mol. The molecule has 8 atom stereocenters. The molecule has 1 spiro atoms. The minimum atomic E-state index is -1.31. The van der Waals surface area contributed by atoms with Gasteiger partial charge in [-0.3, -0.25) is 19.2 Å². The topological polar surface area (TPSA) is 125 Å². The van der Waals surface area contributed by atoms with E-state index in [9.17, 15) is 19.5 Å². The number of esters is 1. The number of hydrogen-bond donors (Lipinski definition) is 2. The molecule has 0 aromatic heterocycles. The molecule has 10 heteroatoms. The molecule has 6 rings (SSSR count). The number of benzene rings is 3. The van der Waals surface area contributed by atoms with Gasteiger partial charge in [-0.05, 0) is 67.0 Å². The maximum atomic E-state index is 15.1. The van der Waals surface area contributed by atoms with Crippen molar-refractivity contribution in [2.75, 3.05) is 18.1 Å². The lowest BCUT2D eigenvalue weighted by Crippen LogP contribution is -2.59. The first-order valence-corrected chi connectivity index (χ1v) is 18.7. The molecule has 3 fully saturated rings. The molecule has 3 aromatic rings. The maximum Gasteiger partial charge on any atom is 0.313 e. The molecule has 0 radical (unpaired) electrons. The minimum Gasteiger partial charge on any atom is -0.455 e. The van der Waals surface area contributed by atoms with Crippen LogP contribution < -0.4 is 10.2 Å². The van der Waals surface area contributed by atoms with E-state index in [-0.39, 0.29) is 37.3 Å². The fourth-order valence-electron chi connectivity index (χ4n) is 8.74. The number of nitrogens with one attached hydrogen (secondary N) is 1. The van der Waals surface area contributed by atoms with Gasteiger partial charge in [0.05, 0.1) is 36.6 Å². The van der Waals surface area contributed by atoms with E-state index in [1.165, 1.54) is 4.90 Å². The summed E-state index contributed by atoms with van der Waals surface area (Å²) in [5.74, 6) is -3.46. The summed E-state index contributed by atoms with van der Waals surface area (Å²) in [6.07, 6.45) is 3.88. The smallest absolute Gasteiger partial charge is 0.313 e. The summed E-state index contributed by atoms with van der Waals surface area (Å²) < 4.78 is 13.0. The molecule has 0 unspecified atom stereocenters. The zero-order valence-electron chi connectivity index (χ0n) is 30.9. The van der Waals surface area contributed by atoms with Gasteiger partial charge in [-0.15, -0.1) is 13.2 Å². The molecule has 3 aliphatic rings. The van der Waals surface area contributed by atoms with Gasteiger partial charge < -0.3 is 29.7 Å². The lowest BCUT2D eigenvalue weighted by Gasteiger charge is -2.39. The zero-order valence-corrected chi connectivity index (χ0v) is 30.9. The highest BCUT2D eigenvalue weighted by Crippen LogP contribution is 2.59. The summed E-state index contributed by atoms with van der Waals surface area (Å²) in [4.78, 5) is 60.4. The Balaban J connectivity index is 1.37. The molecule has 3 amide bonds. The largest absolute Gasteiger partial charge is 0.455 e. The number of amides is 3. The molecule has 53 heavy (non-hydrogen) atoms. The molecule has 3 heterocycles. The van der Waals surface area contributed by atoms with Crippen LogP contribution in [-0.4, -0.2) is 76.7 Å². The first-order valence-electron chi connectivity index (χ1n) is 18.7. The molecule has 2 bridgehead atoms. The van der Waals surface area contributed by atoms with Crippen LogP contribution in [0.5, 0.6) is 0 Å². The van der Waals surface area contributed by atoms with E-state index in [4.69, 9.17) is 9.47 Å². The van der Waals surface area contributed by atoms with Crippen molar-refractivity contribution in [2.24, 2.45) is 17.8 Å². The van der Waals surface area contributed by atoms with Crippen molar-refractivity contribution in [3.05, 3.63) is 104 Å². The second-order valence-corrected chi connectivity index (χ2v) is 15.0. The Kier molecular flexibility index (Phi) is 11.5. The predicted octanol–water partition coefficient (Wildman–Crippen LogP) is 5.90. The molecule has 280 valence electrons. The lowest BCUT2D eigenvalue weighted by molar-refractivity contribution is -0.162. The van der Waals surface area contributed by atoms with Crippen LogP contribution >= 0.6 is 0 Å². The van der Waals surface area contributed by atoms with Crippen molar-refractivity contribution in [3.8, 4) is 0 Å². The SMILES string of the molecule is C=CCCC(=O)N[C@@H](C)[C@H](OC(=O)[C@@H]1[C@H]2C(=O)N([C@@H](CO)CC(C)C)[C@H](C(=O)N(CC=C)c3ccc4ccccc4c3)[C@]23CC[C@H]1O3)c1ccccc1. The monoisotopic (exact) mass is 721 g/mol. The summed E-state index contributed by atoms with van der Waals surface area (Å²) in [6.45, 7) is 13.2. The molecule has 2 N–H and O–H groups in total. The van der Waals surface area contributed by atoms with Crippen LogP contribution in [0, 0.1) is 17.8 Å². The highest BCUT2D eigenvalue weighted by molar-refractivity contribution is 6.05.